The van der Waals surface area contributed by atoms with Gasteiger partial charge < -0.3 is 15.1 Å². The number of fused-ring (bicyclic) bond motifs is 1. The topological polar surface area (TPSA) is 82.6 Å². The molecule has 8 heteroatoms. The second kappa shape index (κ2) is 7.67. The van der Waals surface area contributed by atoms with Gasteiger partial charge in [0.2, 0.25) is 5.91 Å². The van der Waals surface area contributed by atoms with E-state index in [9.17, 15) is 13.2 Å². The van der Waals surface area contributed by atoms with Crippen LogP contribution in [0.1, 0.15) is 34.6 Å². The van der Waals surface area contributed by atoms with Crippen LogP contribution >= 0.6 is 0 Å². The maximum Gasteiger partial charge on any atom is 0.249 e. The predicted octanol–water partition coefficient (Wildman–Crippen LogP) is 3.59. The van der Waals surface area contributed by atoms with Gasteiger partial charge in [-0.25, -0.2) is 13.4 Å². The van der Waals surface area contributed by atoms with Gasteiger partial charge in [0.1, 0.15) is 11.9 Å². The van der Waals surface area contributed by atoms with Gasteiger partial charge in [-0.3, -0.25) is 4.79 Å². The van der Waals surface area contributed by atoms with Crippen LogP contribution in [0.15, 0.2) is 41.3 Å². The SMILES string of the molecule is CC(C)N1c2nc(Nc3ccc(S(=O)(=O)C(C)C)cc3)ccc2N(C)C(=O)[C@H]1C. The molecule has 0 aliphatic carbocycles. The van der Waals surface area contributed by atoms with Gasteiger partial charge in [-0.05, 0) is 71.0 Å². The summed E-state index contributed by atoms with van der Waals surface area (Å²) in [6.45, 7) is 9.30. The Balaban J connectivity index is 1.91. The molecule has 0 saturated heterocycles. The lowest BCUT2D eigenvalue weighted by Gasteiger charge is -2.41. The maximum atomic E-state index is 12.5. The summed E-state index contributed by atoms with van der Waals surface area (Å²) in [5.41, 5.74) is 1.51. The van der Waals surface area contributed by atoms with Crippen LogP contribution in [0.4, 0.5) is 23.0 Å². The first kappa shape index (κ1) is 21.1. The number of hydrogen-bond donors (Lipinski definition) is 1. The highest BCUT2D eigenvalue weighted by Crippen LogP contribution is 2.36. The first-order valence-electron chi connectivity index (χ1n) is 9.72. The molecule has 2 aromatic rings. The molecule has 1 aromatic heterocycles. The number of carbonyl (C=O) groups is 1. The number of rotatable bonds is 5. The Morgan fingerprint density at radius 3 is 2.21 bits per heavy atom. The van der Waals surface area contributed by atoms with Crippen LogP contribution < -0.4 is 15.1 Å². The number of carbonyl (C=O) groups excluding carboxylic acids is 1. The Bertz CT molecular complexity index is 1020. The van der Waals surface area contributed by atoms with Crippen LogP contribution in [-0.2, 0) is 14.6 Å². The average molecular weight is 417 g/mol. The molecule has 3 rings (SSSR count). The van der Waals surface area contributed by atoms with E-state index in [1.807, 2.05) is 37.8 Å². The summed E-state index contributed by atoms with van der Waals surface area (Å²) in [4.78, 5) is 21.2. The number of sulfone groups is 1. The van der Waals surface area contributed by atoms with Gasteiger partial charge in [-0.1, -0.05) is 0 Å². The molecule has 2 heterocycles. The maximum absolute atomic E-state index is 12.5. The smallest absolute Gasteiger partial charge is 0.249 e. The van der Waals surface area contributed by atoms with Gasteiger partial charge >= 0.3 is 0 Å². The summed E-state index contributed by atoms with van der Waals surface area (Å²) in [5.74, 6) is 1.41. The van der Waals surface area contributed by atoms with Crippen molar-refractivity contribution in [1.29, 1.82) is 0 Å². The van der Waals surface area contributed by atoms with Crippen molar-refractivity contribution in [3.63, 3.8) is 0 Å². The number of hydrogen-bond acceptors (Lipinski definition) is 6. The standard InChI is InChI=1S/C21H28N4O3S/c1-13(2)25-15(5)21(26)24(6)18-11-12-19(23-20(18)25)22-16-7-9-17(10-8-16)29(27,28)14(3)4/h7-15H,1-6H3,(H,22,23)/t15-/m1/s1. The Labute approximate surface area is 172 Å². The number of nitrogens with one attached hydrogen (secondary N) is 1. The van der Waals surface area contributed by atoms with E-state index in [4.69, 9.17) is 4.98 Å². The Hall–Kier alpha value is -2.61. The summed E-state index contributed by atoms with van der Waals surface area (Å²) in [6.07, 6.45) is 0. The molecule has 1 atom stereocenters. The number of amides is 1. The number of nitrogens with zero attached hydrogens (tertiary/aromatic N) is 3. The van der Waals surface area contributed by atoms with E-state index in [-0.39, 0.29) is 18.0 Å². The normalized spacial score (nSPS) is 17.1. The van der Waals surface area contributed by atoms with Crippen LogP contribution in [-0.4, -0.2) is 43.7 Å². The lowest BCUT2D eigenvalue weighted by atomic mass is 10.1. The van der Waals surface area contributed by atoms with Crippen molar-refractivity contribution in [2.24, 2.45) is 0 Å². The fourth-order valence-corrected chi connectivity index (χ4v) is 4.56. The monoisotopic (exact) mass is 416 g/mol. The van der Waals surface area contributed by atoms with Gasteiger partial charge in [0.05, 0.1) is 15.8 Å². The molecular weight excluding hydrogens is 388 g/mol. The molecule has 1 N–H and O–H groups in total. The molecule has 1 aromatic carbocycles. The van der Waals surface area contributed by atoms with E-state index in [1.165, 1.54) is 0 Å². The van der Waals surface area contributed by atoms with Crippen LogP contribution in [0.5, 0.6) is 0 Å². The summed E-state index contributed by atoms with van der Waals surface area (Å²) >= 11 is 0. The Morgan fingerprint density at radius 1 is 1.03 bits per heavy atom. The number of aromatic nitrogens is 1. The Kier molecular flexibility index (Phi) is 5.58. The first-order chi connectivity index (χ1) is 13.5. The third-order valence-corrected chi connectivity index (χ3v) is 7.37. The molecule has 29 heavy (non-hydrogen) atoms. The molecule has 1 amide bonds. The average Bonchev–Trinajstić information content (AvgIpc) is 2.66. The van der Waals surface area contributed by atoms with Crippen molar-refractivity contribution in [2.75, 3.05) is 22.2 Å². The fourth-order valence-electron chi connectivity index (χ4n) is 3.50. The highest BCUT2D eigenvalue weighted by molar-refractivity contribution is 7.92. The van der Waals surface area contributed by atoms with Crippen molar-refractivity contribution in [1.82, 2.24) is 4.98 Å². The lowest BCUT2D eigenvalue weighted by Crippen LogP contribution is -2.53. The van der Waals surface area contributed by atoms with Crippen molar-refractivity contribution < 1.29 is 13.2 Å². The zero-order valence-corrected chi connectivity index (χ0v) is 18.5. The van der Waals surface area contributed by atoms with Crippen molar-refractivity contribution >= 4 is 38.8 Å². The minimum atomic E-state index is -3.30. The molecule has 0 bridgehead atoms. The second-order valence-corrected chi connectivity index (χ2v) is 10.4. The fraction of sp³-hybridized carbons (Fsp3) is 0.429. The van der Waals surface area contributed by atoms with E-state index in [1.54, 1.807) is 50.1 Å². The number of benzene rings is 1. The van der Waals surface area contributed by atoms with Gasteiger partial charge in [0.25, 0.3) is 0 Å². The third-order valence-electron chi connectivity index (χ3n) is 5.20. The Morgan fingerprint density at radius 2 is 1.66 bits per heavy atom. The van der Waals surface area contributed by atoms with Crippen LogP contribution in [0.25, 0.3) is 0 Å². The lowest BCUT2D eigenvalue weighted by molar-refractivity contribution is -0.119. The molecule has 0 saturated carbocycles. The highest BCUT2D eigenvalue weighted by atomic mass is 32.2. The van der Waals surface area contributed by atoms with E-state index in [2.05, 4.69) is 5.32 Å². The van der Waals surface area contributed by atoms with Gasteiger partial charge in [-0.2, -0.15) is 0 Å². The number of anilines is 4. The summed E-state index contributed by atoms with van der Waals surface area (Å²) in [7, 11) is -1.54. The highest BCUT2D eigenvalue weighted by Gasteiger charge is 2.36. The quantitative estimate of drug-likeness (QED) is 0.802. The number of likely N-dealkylation sites (N-methyl/N-ethyl adjacent to an activating group) is 1. The second-order valence-electron chi connectivity index (χ2n) is 7.86. The largest absolute Gasteiger partial charge is 0.341 e. The van der Waals surface area contributed by atoms with Crippen molar-refractivity contribution in [2.45, 2.75) is 56.8 Å². The van der Waals surface area contributed by atoms with Crippen molar-refractivity contribution in [3.05, 3.63) is 36.4 Å². The van der Waals surface area contributed by atoms with Crippen molar-refractivity contribution in [3.8, 4) is 0 Å². The summed E-state index contributed by atoms with van der Waals surface area (Å²) in [5, 5.41) is 2.76. The zero-order chi connectivity index (χ0) is 21.5. The van der Waals surface area contributed by atoms with E-state index in [0.717, 1.165) is 17.2 Å². The van der Waals surface area contributed by atoms with Gasteiger partial charge in [0.15, 0.2) is 15.7 Å². The molecule has 156 valence electrons. The summed E-state index contributed by atoms with van der Waals surface area (Å²) < 4.78 is 24.6. The minimum Gasteiger partial charge on any atom is -0.341 e. The van der Waals surface area contributed by atoms with Crippen LogP contribution in [0.2, 0.25) is 0 Å². The van der Waals surface area contributed by atoms with Crippen LogP contribution in [0.3, 0.4) is 0 Å². The minimum absolute atomic E-state index is 0.0376. The van der Waals surface area contributed by atoms with Crippen LogP contribution in [0, 0.1) is 0 Å². The van der Waals surface area contributed by atoms with E-state index in [0.29, 0.717) is 10.7 Å². The van der Waals surface area contributed by atoms with E-state index < -0.39 is 15.1 Å². The predicted molar refractivity (Wildman–Crippen MR) is 117 cm³/mol. The molecule has 1 aliphatic heterocycles. The van der Waals surface area contributed by atoms with Gasteiger partial charge in [0, 0.05) is 18.8 Å². The molecule has 7 nitrogen and oxygen atoms in total. The third kappa shape index (κ3) is 3.81. The molecular formula is C21H28N4O3S. The molecule has 0 spiro atoms. The molecule has 0 fully saturated rings. The number of pyridine rings is 1. The van der Waals surface area contributed by atoms with Gasteiger partial charge in [-0.15, -0.1) is 0 Å². The molecule has 0 unspecified atom stereocenters. The molecule has 1 aliphatic rings. The summed E-state index contributed by atoms with van der Waals surface area (Å²) in [6, 6.07) is 10.2. The molecule has 0 radical (unpaired) electrons. The first-order valence-corrected chi connectivity index (χ1v) is 11.3. The zero-order valence-electron chi connectivity index (χ0n) is 17.7. The van der Waals surface area contributed by atoms with E-state index >= 15 is 0 Å².